The SMILES string of the molecule is CS(=O)(=O)CCn1cc2cc(B(O)O)ccc2n1. The number of fused-ring (bicyclic) bond motifs is 1. The Bertz CT molecular complexity index is 666. The van der Waals surface area contributed by atoms with Crippen LogP contribution in [0.25, 0.3) is 10.9 Å². The molecule has 0 unspecified atom stereocenters. The minimum Gasteiger partial charge on any atom is -0.423 e. The van der Waals surface area contributed by atoms with E-state index in [1.54, 1.807) is 29.1 Å². The van der Waals surface area contributed by atoms with Crippen LogP contribution in [-0.4, -0.2) is 47.4 Å². The molecule has 1 heterocycles. The van der Waals surface area contributed by atoms with Crippen LogP contribution < -0.4 is 5.46 Å². The zero-order valence-corrected chi connectivity index (χ0v) is 10.6. The lowest BCUT2D eigenvalue weighted by Gasteiger charge is -1.98. The molecule has 18 heavy (non-hydrogen) atoms. The van der Waals surface area contributed by atoms with Crippen molar-refractivity contribution >= 4 is 33.3 Å². The molecular weight excluding hydrogens is 255 g/mol. The molecule has 0 saturated heterocycles. The highest BCUT2D eigenvalue weighted by Crippen LogP contribution is 2.10. The molecule has 1 aromatic carbocycles. The van der Waals surface area contributed by atoms with Gasteiger partial charge in [0.2, 0.25) is 0 Å². The van der Waals surface area contributed by atoms with Crippen LogP contribution in [0.3, 0.4) is 0 Å². The van der Waals surface area contributed by atoms with Crippen LogP contribution in [0, 0.1) is 0 Å². The lowest BCUT2D eigenvalue weighted by molar-refractivity contribution is 0.426. The van der Waals surface area contributed by atoms with Crippen molar-refractivity contribution < 1.29 is 18.5 Å². The molecule has 0 spiro atoms. The van der Waals surface area contributed by atoms with Crippen molar-refractivity contribution in [2.75, 3.05) is 12.0 Å². The van der Waals surface area contributed by atoms with E-state index in [-0.39, 0.29) is 12.3 Å². The first-order chi connectivity index (χ1) is 8.35. The minimum atomic E-state index is -3.02. The fraction of sp³-hybridized carbons (Fsp3) is 0.300. The third kappa shape index (κ3) is 3.09. The summed E-state index contributed by atoms with van der Waals surface area (Å²) in [6, 6.07) is 4.85. The molecule has 0 saturated carbocycles. The van der Waals surface area contributed by atoms with Crippen LogP contribution in [0.15, 0.2) is 24.4 Å². The van der Waals surface area contributed by atoms with E-state index >= 15 is 0 Å². The fourth-order valence-electron chi connectivity index (χ4n) is 1.63. The molecule has 1 aromatic heterocycles. The van der Waals surface area contributed by atoms with Crippen molar-refractivity contribution in [3.63, 3.8) is 0 Å². The summed E-state index contributed by atoms with van der Waals surface area (Å²) in [6.45, 7) is 0.282. The van der Waals surface area contributed by atoms with Gasteiger partial charge in [0.25, 0.3) is 0 Å². The average Bonchev–Trinajstić information content (AvgIpc) is 2.66. The lowest BCUT2D eigenvalue weighted by atomic mass is 9.80. The summed E-state index contributed by atoms with van der Waals surface area (Å²) >= 11 is 0. The Morgan fingerprint density at radius 2 is 2.11 bits per heavy atom. The Labute approximate surface area is 105 Å². The van der Waals surface area contributed by atoms with E-state index in [9.17, 15) is 8.42 Å². The molecule has 6 nitrogen and oxygen atoms in total. The summed E-state index contributed by atoms with van der Waals surface area (Å²) in [6.07, 6.45) is 2.86. The van der Waals surface area contributed by atoms with Crippen molar-refractivity contribution in [2.24, 2.45) is 0 Å². The fourth-order valence-corrected chi connectivity index (χ4v) is 2.15. The largest absolute Gasteiger partial charge is 0.488 e. The number of nitrogens with zero attached hydrogens (tertiary/aromatic N) is 2. The van der Waals surface area contributed by atoms with Crippen LogP contribution >= 0.6 is 0 Å². The maximum atomic E-state index is 11.1. The lowest BCUT2D eigenvalue weighted by Crippen LogP contribution is -2.29. The monoisotopic (exact) mass is 268 g/mol. The molecule has 2 aromatic rings. The van der Waals surface area contributed by atoms with Crippen molar-refractivity contribution in [1.82, 2.24) is 9.78 Å². The maximum absolute atomic E-state index is 11.1. The summed E-state index contributed by atoms with van der Waals surface area (Å²) < 4.78 is 23.7. The highest BCUT2D eigenvalue weighted by molar-refractivity contribution is 7.90. The second-order valence-corrected chi connectivity index (χ2v) is 6.47. The highest BCUT2D eigenvalue weighted by Gasteiger charge is 2.12. The van der Waals surface area contributed by atoms with Crippen LogP contribution in [-0.2, 0) is 16.4 Å². The summed E-state index contributed by atoms with van der Waals surface area (Å²) in [5, 5.41) is 23.0. The number of rotatable bonds is 4. The molecule has 0 aliphatic rings. The Morgan fingerprint density at radius 3 is 2.72 bits per heavy atom. The number of aromatic nitrogens is 2. The second-order valence-electron chi connectivity index (χ2n) is 4.21. The van der Waals surface area contributed by atoms with Gasteiger partial charge >= 0.3 is 7.12 Å². The molecule has 0 fully saturated rings. The van der Waals surface area contributed by atoms with E-state index in [0.717, 1.165) is 5.39 Å². The molecule has 8 heteroatoms. The zero-order valence-electron chi connectivity index (χ0n) is 9.81. The van der Waals surface area contributed by atoms with Gasteiger partial charge in [0, 0.05) is 17.8 Å². The number of benzene rings is 1. The van der Waals surface area contributed by atoms with Crippen LogP contribution in [0.2, 0.25) is 0 Å². The van der Waals surface area contributed by atoms with E-state index in [2.05, 4.69) is 5.10 Å². The molecule has 0 atom stereocenters. The van der Waals surface area contributed by atoms with Gasteiger partial charge in [0.1, 0.15) is 9.84 Å². The summed E-state index contributed by atoms with van der Waals surface area (Å²) in [4.78, 5) is 0. The first-order valence-electron chi connectivity index (χ1n) is 5.36. The van der Waals surface area contributed by atoms with Gasteiger partial charge in [-0.05, 0) is 11.5 Å². The van der Waals surface area contributed by atoms with Crippen molar-refractivity contribution in [3.05, 3.63) is 24.4 Å². The Balaban J connectivity index is 2.27. The van der Waals surface area contributed by atoms with Crippen molar-refractivity contribution in [2.45, 2.75) is 6.54 Å². The van der Waals surface area contributed by atoms with Crippen LogP contribution in [0.4, 0.5) is 0 Å². The molecule has 2 rings (SSSR count). The van der Waals surface area contributed by atoms with Gasteiger partial charge < -0.3 is 10.0 Å². The van der Waals surface area contributed by atoms with Gasteiger partial charge in [-0.3, -0.25) is 4.68 Å². The predicted octanol–water partition coefficient (Wildman–Crippen LogP) is -1.24. The molecular formula is C10H13BN2O4S. The highest BCUT2D eigenvalue weighted by atomic mass is 32.2. The topological polar surface area (TPSA) is 92.4 Å². The molecule has 2 N–H and O–H groups in total. The van der Waals surface area contributed by atoms with E-state index in [0.29, 0.717) is 11.0 Å². The Morgan fingerprint density at radius 1 is 1.39 bits per heavy atom. The third-order valence-corrected chi connectivity index (χ3v) is 3.49. The number of hydrogen-bond acceptors (Lipinski definition) is 5. The van der Waals surface area contributed by atoms with Gasteiger partial charge in [0.05, 0.1) is 17.8 Å². The smallest absolute Gasteiger partial charge is 0.423 e. The van der Waals surface area contributed by atoms with Crippen molar-refractivity contribution in [3.8, 4) is 0 Å². The van der Waals surface area contributed by atoms with E-state index in [1.165, 1.54) is 6.26 Å². The second kappa shape index (κ2) is 4.71. The van der Waals surface area contributed by atoms with E-state index < -0.39 is 17.0 Å². The van der Waals surface area contributed by atoms with Crippen molar-refractivity contribution in [1.29, 1.82) is 0 Å². The quantitative estimate of drug-likeness (QED) is 0.677. The van der Waals surface area contributed by atoms with Gasteiger partial charge in [-0.25, -0.2) is 8.42 Å². The Hall–Kier alpha value is -1.38. The van der Waals surface area contributed by atoms with E-state index in [4.69, 9.17) is 10.0 Å². The maximum Gasteiger partial charge on any atom is 0.488 e. The minimum absolute atomic E-state index is 0.0243. The summed E-state index contributed by atoms with van der Waals surface area (Å²) in [5.41, 5.74) is 1.07. The molecule has 96 valence electrons. The standard InChI is InChI=1S/C10H13BN2O4S/c1-18(16,17)5-4-13-7-8-6-9(11(14)15)2-3-10(8)12-13/h2-3,6-7,14-15H,4-5H2,1H3. The summed E-state index contributed by atoms with van der Waals surface area (Å²) in [5.74, 6) is 0.0243. The van der Waals surface area contributed by atoms with Crippen LogP contribution in [0.1, 0.15) is 0 Å². The zero-order chi connectivity index (χ0) is 13.3. The molecule has 0 aliphatic carbocycles. The van der Waals surface area contributed by atoms with Gasteiger partial charge in [0.15, 0.2) is 0 Å². The Kier molecular flexibility index (Phi) is 3.42. The molecule has 0 bridgehead atoms. The molecule has 0 radical (unpaired) electrons. The molecule has 0 amide bonds. The number of hydrogen-bond donors (Lipinski definition) is 2. The number of aryl methyl sites for hydroxylation is 1. The normalized spacial score (nSPS) is 11.9. The number of sulfone groups is 1. The van der Waals surface area contributed by atoms with Crippen LogP contribution in [0.5, 0.6) is 0 Å². The van der Waals surface area contributed by atoms with E-state index in [1.807, 2.05) is 0 Å². The van der Waals surface area contributed by atoms with Gasteiger partial charge in [-0.1, -0.05) is 12.1 Å². The van der Waals surface area contributed by atoms with Gasteiger partial charge in [-0.15, -0.1) is 0 Å². The first-order valence-corrected chi connectivity index (χ1v) is 7.42. The van der Waals surface area contributed by atoms with Gasteiger partial charge in [-0.2, -0.15) is 5.10 Å². The average molecular weight is 268 g/mol. The summed E-state index contributed by atoms with van der Waals surface area (Å²) in [7, 11) is -4.54. The first kappa shape index (κ1) is 13.1. The third-order valence-electron chi connectivity index (χ3n) is 2.57. The molecule has 0 aliphatic heterocycles. The predicted molar refractivity (Wildman–Crippen MR) is 69.3 cm³/mol.